The van der Waals surface area contributed by atoms with Crippen LogP contribution in [0, 0.1) is 0 Å². The third-order valence-corrected chi connectivity index (χ3v) is 2.22. The van der Waals surface area contributed by atoms with Gasteiger partial charge >= 0.3 is 10.7 Å². The highest BCUT2D eigenvalue weighted by Gasteiger charge is 2.08. The van der Waals surface area contributed by atoms with Crippen LogP contribution in [0.5, 0.6) is 0 Å². The standard InChI is InChI=1S/C9H10BIO3/c11-10(13)6-7-14-9(12)8-4-2-1-3-5-8/h1-5,13H,6-7H2. The molecule has 0 fully saturated rings. The van der Waals surface area contributed by atoms with Gasteiger partial charge in [-0.1, -0.05) is 18.2 Å². The molecule has 1 rings (SSSR count). The number of carbonyl (C=O) groups excluding carboxylic acids is 1. The molecule has 0 amide bonds. The molecule has 0 saturated carbocycles. The zero-order valence-corrected chi connectivity index (χ0v) is 9.68. The fourth-order valence-corrected chi connectivity index (χ4v) is 1.16. The predicted molar refractivity (Wildman–Crippen MR) is 63.5 cm³/mol. The molecule has 0 aliphatic carbocycles. The number of carbonyl (C=O) groups is 1. The van der Waals surface area contributed by atoms with Crippen molar-refractivity contribution in [2.45, 2.75) is 6.32 Å². The van der Waals surface area contributed by atoms with E-state index < -0.39 is 4.77 Å². The lowest BCUT2D eigenvalue weighted by Crippen LogP contribution is -2.10. The minimum atomic E-state index is -0.462. The molecule has 74 valence electrons. The molecule has 0 aliphatic heterocycles. The Kier molecular flexibility index (Phi) is 4.96. The van der Waals surface area contributed by atoms with Gasteiger partial charge in [0.1, 0.15) is 0 Å². The van der Waals surface area contributed by atoms with Crippen molar-refractivity contribution in [3.05, 3.63) is 35.9 Å². The first kappa shape index (κ1) is 11.5. The van der Waals surface area contributed by atoms with E-state index in [0.29, 0.717) is 11.9 Å². The Labute approximate surface area is 96.4 Å². The molecule has 5 heteroatoms. The zero-order chi connectivity index (χ0) is 10.4. The van der Waals surface area contributed by atoms with Gasteiger partial charge in [0, 0.05) is 0 Å². The summed E-state index contributed by atoms with van der Waals surface area (Å²) in [4.78, 5) is 11.3. The molecule has 0 unspecified atom stereocenters. The molecule has 3 nitrogen and oxygen atoms in total. The highest BCUT2D eigenvalue weighted by atomic mass is 127. The molecule has 1 aromatic carbocycles. The summed E-state index contributed by atoms with van der Waals surface area (Å²) in [6.45, 7) is 0.248. The van der Waals surface area contributed by atoms with Crippen molar-refractivity contribution in [3.63, 3.8) is 0 Å². The largest absolute Gasteiger partial charge is 0.463 e. The summed E-state index contributed by atoms with van der Waals surface area (Å²) >= 11 is 1.87. The van der Waals surface area contributed by atoms with Crippen LogP contribution in [0.2, 0.25) is 6.32 Å². The molecule has 1 aromatic rings. The lowest BCUT2D eigenvalue weighted by molar-refractivity contribution is 0.0525. The van der Waals surface area contributed by atoms with Crippen LogP contribution in [0.15, 0.2) is 30.3 Å². The summed E-state index contributed by atoms with van der Waals surface area (Å²) in [6.07, 6.45) is 0.457. The maximum Gasteiger partial charge on any atom is 0.365 e. The monoisotopic (exact) mass is 304 g/mol. The molecule has 0 spiro atoms. The smallest absolute Gasteiger partial charge is 0.365 e. The number of esters is 1. The van der Waals surface area contributed by atoms with Gasteiger partial charge < -0.3 is 9.76 Å². The van der Waals surface area contributed by atoms with Crippen molar-refractivity contribution in [1.29, 1.82) is 0 Å². The molecule has 0 atom stereocenters. The van der Waals surface area contributed by atoms with Gasteiger partial charge in [0.05, 0.1) is 12.2 Å². The average Bonchev–Trinajstić information content (AvgIpc) is 2.18. The fourth-order valence-electron chi connectivity index (χ4n) is 0.906. The van der Waals surface area contributed by atoms with E-state index in [1.165, 1.54) is 0 Å². The number of rotatable bonds is 4. The Morgan fingerprint density at radius 3 is 2.64 bits per heavy atom. The minimum Gasteiger partial charge on any atom is -0.463 e. The van der Waals surface area contributed by atoms with E-state index >= 15 is 0 Å². The van der Waals surface area contributed by atoms with Crippen molar-refractivity contribution < 1.29 is 14.6 Å². The van der Waals surface area contributed by atoms with Gasteiger partial charge in [0.15, 0.2) is 0 Å². The van der Waals surface area contributed by atoms with Crippen LogP contribution in [0.1, 0.15) is 10.4 Å². The summed E-state index contributed by atoms with van der Waals surface area (Å²) in [5, 5.41) is 8.93. The summed E-state index contributed by atoms with van der Waals surface area (Å²) in [5.74, 6) is -0.345. The Morgan fingerprint density at radius 2 is 2.07 bits per heavy atom. The van der Waals surface area contributed by atoms with E-state index in [2.05, 4.69) is 0 Å². The second kappa shape index (κ2) is 6.03. The highest BCUT2D eigenvalue weighted by molar-refractivity contribution is 14.1. The molecule has 0 aromatic heterocycles. The fraction of sp³-hybridized carbons (Fsp3) is 0.222. The molecule has 0 saturated heterocycles. The Hall–Kier alpha value is -0.555. The van der Waals surface area contributed by atoms with Gasteiger partial charge in [-0.05, 0) is 18.5 Å². The Morgan fingerprint density at radius 1 is 1.43 bits per heavy atom. The number of halogens is 1. The second-order valence-electron chi connectivity index (χ2n) is 2.73. The predicted octanol–water partition coefficient (Wildman–Crippen LogP) is 1.76. The van der Waals surface area contributed by atoms with Gasteiger partial charge in [-0.25, -0.2) is 4.79 Å². The molecule has 0 aliphatic rings. The van der Waals surface area contributed by atoms with Gasteiger partial charge in [-0.15, -0.1) is 22.4 Å². The van der Waals surface area contributed by atoms with Crippen LogP contribution in [-0.4, -0.2) is 22.4 Å². The maximum absolute atomic E-state index is 11.3. The van der Waals surface area contributed by atoms with Gasteiger partial charge in [-0.2, -0.15) is 0 Å². The van der Waals surface area contributed by atoms with Crippen molar-refractivity contribution in [2.75, 3.05) is 6.61 Å². The van der Waals surface area contributed by atoms with Crippen molar-refractivity contribution in [1.82, 2.24) is 0 Å². The van der Waals surface area contributed by atoms with Gasteiger partial charge in [0.2, 0.25) is 0 Å². The molecule has 14 heavy (non-hydrogen) atoms. The molecule has 0 radical (unpaired) electrons. The zero-order valence-electron chi connectivity index (χ0n) is 7.52. The van der Waals surface area contributed by atoms with E-state index in [0.717, 1.165) is 0 Å². The van der Waals surface area contributed by atoms with Crippen LogP contribution in [0.3, 0.4) is 0 Å². The minimum absolute atomic E-state index is 0.248. The molecule has 1 N–H and O–H groups in total. The van der Waals surface area contributed by atoms with E-state index in [-0.39, 0.29) is 12.6 Å². The summed E-state index contributed by atoms with van der Waals surface area (Å²) in [6, 6.07) is 8.80. The van der Waals surface area contributed by atoms with Crippen LogP contribution < -0.4 is 0 Å². The van der Waals surface area contributed by atoms with E-state index in [9.17, 15) is 4.79 Å². The molecular weight excluding hydrogens is 294 g/mol. The van der Waals surface area contributed by atoms with Crippen molar-refractivity contribution >= 4 is 33.1 Å². The SMILES string of the molecule is O=C(OCCB(O)I)c1ccccc1. The quantitative estimate of drug-likeness (QED) is 0.524. The third-order valence-electron chi connectivity index (χ3n) is 1.60. The summed E-state index contributed by atoms with van der Waals surface area (Å²) in [5.41, 5.74) is 0.537. The average molecular weight is 304 g/mol. The number of ether oxygens (including phenoxy) is 1. The van der Waals surface area contributed by atoms with Crippen LogP contribution in [0.4, 0.5) is 0 Å². The Bertz CT molecular complexity index is 289. The first-order valence-corrected chi connectivity index (χ1v) is 5.49. The Balaban J connectivity index is 2.36. The first-order valence-electron chi connectivity index (χ1n) is 4.24. The number of benzene rings is 1. The summed E-state index contributed by atoms with van der Waals surface area (Å²) < 4.78 is 4.47. The van der Waals surface area contributed by atoms with E-state index in [1.54, 1.807) is 24.3 Å². The topological polar surface area (TPSA) is 46.5 Å². The number of hydrogen-bond acceptors (Lipinski definition) is 3. The van der Waals surface area contributed by atoms with Crippen molar-refractivity contribution in [2.24, 2.45) is 0 Å². The normalized spacial score (nSPS) is 9.57. The third kappa shape index (κ3) is 4.10. The van der Waals surface area contributed by atoms with Crippen LogP contribution >= 0.6 is 22.4 Å². The maximum atomic E-state index is 11.3. The lowest BCUT2D eigenvalue weighted by Gasteiger charge is -2.03. The first-order chi connectivity index (χ1) is 6.70. The van der Waals surface area contributed by atoms with E-state index in [1.807, 2.05) is 28.4 Å². The van der Waals surface area contributed by atoms with E-state index in [4.69, 9.17) is 9.76 Å². The van der Waals surface area contributed by atoms with Crippen molar-refractivity contribution in [3.8, 4) is 0 Å². The van der Waals surface area contributed by atoms with Gasteiger partial charge in [0.25, 0.3) is 0 Å². The lowest BCUT2D eigenvalue weighted by atomic mass is 9.97. The second-order valence-corrected chi connectivity index (χ2v) is 4.16. The van der Waals surface area contributed by atoms with Crippen LogP contribution in [0.25, 0.3) is 0 Å². The highest BCUT2D eigenvalue weighted by Crippen LogP contribution is 2.03. The van der Waals surface area contributed by atoms with Gasteiger partial charge in [-0.3, -0.25) is 0 Å². The molecule has 0 heterocycles. The summed E-state index contributed by atoms with van der Waals surface area (Å²) in [7, 11) is 0. The van der Waals surface area contributed by atoms with Crippen LogP contribution in [-0.2, 0) is 4.74 Å². The molecule has 0 bridgehead atoms. The number of hydrogen-bond donors (Lipinski definition) is 1. The molecular formula is C9H10BIO3.